The number of nitrogens with zero attached hydrogens (tertiary/aromatic N) is 2. The Bertz CT molecular complexity index is 522. The number of ether oxygens (including phenoxy) is 1. The van der Waals surface area contributed by atoms with Crippen LogP contribution in [0.15, 0.2) is 29.3 Å². The Hall–Kier alpha value is -2.04. The van der Waals surface area contributed by atoms with Gasteiger partial charge in [-0.1, -0.05) is 26.0 Å². The van der Waals surface area contributed by atoms with Gasteiger partial charge < -0.3 is 15.0 Å². The van der Waals surface area contributed by atoms with Gasteiger partial charge in [-0.25, -0.2) is 0 Å². The van der Waals surface area contributed by atoms with Crippen LogP contribution in [0.2, 0.25) is 0 Å². The molecule has 1 aromatic carbocycles. The fraction of sp³-hybridized carbons (Fsp3) is 0.529. The van der Waals surface area contributed by atoms with Crippen molar-refractivity contribution in [2.24, 2.45) is 4.99 Å². The second-order valence-electron chi connectivity index (χ2n) is 5.33. The van der Waals surface area contributed by atoms with Gasteiger partial charge in [-0.05, 0) is 25.0 Å². The van der Waals surface area contributed by atoms with Gasteiger partial charge in [0.05, 0.1) is 12.1 Å². The number of aliphatic imine (C=N–C) groups is 1. The maximum absolute atomic E-state index is 12.7. The molecule has 0 fully saturated rings. The van der Waals surface area contributed by atoms with E-state index in [1.807, 2.05) is 29.2 Å². The van der Waals surface area contributed by atoms with Gasteiger partial charge >= 0.3 is 0 Å². The molecule has 0 aromatic heterocycles. The van der Waals surface area contributed by atoms with Crippen molar-refractivity contribution in [1.29, 1.82) is 0 Å². The first kappa shape index (κ1) is 16.3. The highest BCUT2D eigenvalue weighted by Gasteiger charge is 2.18. The Morgan fingerprint density at radius 3 is 2.64 bits per heavy atom. The number of carbonyl (C=O) groups excluding carboxylic acids is 1. The third kappa shape index (κ3) is 4.23. The Balaban J connectivity index is 2.10. The number of amidine groups is 1. The van der Waals surface area contributed by atoms with E-state index >= 15 is 0 Å². The van der Waals surface area contributed by atoms with Crippen LogP contribution in [0.25, 0.3) is 0 Å². The molecule has 1 amide bonds. The lowest BCUT2D eigenvalue weighted by Gasteiger charge is -2.22. The molecule has 0 spiro atoms. The van der Waals surface area contributed by atoms with Crippen LogP contribution in [-0.4, -0.2) is 49.4 Å². The highest BCUT2D eigenvalue weighted by atomic mass is 16.5. The maximum atomic E-state index is 12.7. The fourth-order valence-electron chi connectivity index (χ4n) is 2.48. The Morgan fingerprint density at radius 1 is 1.27 bits per heavy atom. The number of hydrogen-bond acceptors (Lipinski definition) is 4. The maximum Gasteiger partial charge on any atom is 0.257 e. The van der Waals surface area contributed by atoms with Crippen molar-refractivity contribution < 1.29 is 9.53 Å². The molecule has 22 heavy (non-hydrogen) atoms. The predicted molar refractivity (Wildman–Crippen MR) is 88.7 cm³/mol. The summed E-state index contributed by atoms with van der Waals surface area (Å²) in [5.74, 6) is 1.52. The van der Waals surface area contributed by atoms with Crippen LogP contribution >= 0.6 is 0 Å². The summed E-state index contributed by atoms with van der Waals surface area (Å²) < 4.78 is 5.81. The molecule has 5 nitrogen and oxygen atoms in total. The molecular formula is C17H25N3O2. The van der Waals surface area contributed by atoms with Crippen molar-refractivity contribution in [2.45, 2.75) is 26.7 Å². The molecule has 0 aliphatic carbocycles. The van der Waals surface area contributed by atoms with Gasteiger partial charge in [0.15, 0.2) is 0 Å². The van der Waals surface area contributed by atoms with Gasteiger partial charge in [0.2, 0.25) is 0 Å². The average Bonchev–Trinajstić information content (AvgIpc) is 3.06. The zero-order valence-electron chi connectivity index (χ0n) is 13.5. The average molecular weight is 303 g/mol. The van der Waals surface area contributed by atoms with E-state index < -0.39 is 0 Å². The number of nitrogens with one attached hydrogen (secondary N) is 1. The molecule has 2 rings (SSSR count). The van der Waals surface area contributed by atoms with E-state index in [-0.39, 0.29) is 5.91 Å². The van der Waals surface area contributed by atoms with E-state index in [0.717, 1.165) is 44.9 Å². The van der Waals surface area contributed by atoms with Crippen LogP contribution in [-0.2, 0) is 0 Å². The summed E-state index contributed by atoms with van der Waals surface area (Å²) in [7, 11) is 0. The highest BCUT2D eigenvalue weighted by molar-refractivity contribution is 5.97. The first-order valence-corrected chi connectivity index (χ1v) is 8.04. The smallest absolute Gasteiger partial charge is 0.257 e. The van der Waals surface area contributed by atoms with E-state index in [2.05, 4.69) is 24.2 Å². The molecule has 0 saturated carbocycles. The molecule has 1 N–H and O–H groups in total. The standard InChI is InChI=1S/C17H25N3O2/c1-3-11-20(12-4-2)17(21)14-7-5-6-8-15(14)22-13-16-18-9-10-19-16/h5-8H,3-4,9-13H2,1-2H3,(H,18,19). The second kappa shape index (κ2) is 8.41. The van der Waals surface area contributed by atoms with E-state index in [1.54, 1.807) is 0 Å². The van der Waals surface area contributed by atoms with Crippen molar-refractivity contribution in [3.8, 4) is 5.75 Å². The topological polar surface area (TPSA) is 53.9 Å². The summed E-state index contributed by atoms with van der Waals surface area (Å²) in [5.41, 5.74) is 0.628. The Labute approximate surface area is 132 Å². The van der Waals surface area contributed by atoms with Crippen LogP contribution in [0.1, 0.15) is 37.0 Å². The summed E-state index contributed by atoms with van der Waals surface area (Å²) in [6.07, 6.45) is 1.91. The van der Waals surface area contributed by atoms with Crippen LogP contribution in [0.5, 0.6) is 5.75 Å². The van der Waals surface area contributed by atoms with Crippen LogP contribution in [0.4, 0.5) is 0 Å². The number of para-hydroxylation sites is 1. The monoisotopic (exact) mass is 303 g/mol. The normalized spacial score (nSPS) is 13.5. The van der Waals surface area contributed by atoms with E-state index in [1.165, 1.54) is 0 Å². The Kier molecular flexibility index (Phi) is 6.25. The van der Waals surface area contributed by atoms with Crippen molar-refractivity contribution in [3.05, 3.63) is 29.8 Å². The van der Waals surface area contributed by atoms with Crippen molar-refractivity contribution in [2.75, 3.05) is 32.8 Å². The largest absolute Gasteiger partial charge is 0.485 e. The SMILES string of the molecule is CCCN(CCC)C(=O)c1ccccc1OCC1=NCCN1. The molecule has 1 aliphatic heterocycles. The van der Waals surface area contributed by atoms with Gasteiger partial charge in [0.25, 0.3) is 5.91 Å². The van der Waals surface area contributed by atoms with Crippen LogP contribution in [0.3, 0.4) is 0 Å². The minimum Gasteiger partial charge on any atom is -0.485 e. The van der Waals surface area contributed by atoms with E-state index in [0.29, 0.717) is 17.9 Å². The van der Waals surface area contributed by atoms with Crippen molar-refractivity contribution >= 4 is 11.7 Å². The summed E-state index contributed by atoms with van der Waals surface area (Å²) in [6, 6.07) is 7.44. The quantitative estimate of drug-likeness (QED) is 0.802. The predicted octanol–water partition coefficient (Wildman–Crippen LogP) is 2.33. The minimum atomic E-state index is 0.0422. The second-order valence-corrected chi connectivity index (χ2v) is 5.33. The molecule has 0 unspecified atom stereocenters. The fourth-order valence-corrected chi connectivity index (χ4v) is 2.48. The summed E-state index contributed by atoms with van der Waals surface area (Å²) in [5, 5.41) is 3.17. The number of hydrogen-bond donors (Lipinski definition) is 1. The van der Waals surface area contributed by atoms with Gasteiger partial charge in [-0.15, -0.1) is 0 Å². The van der Waals surface area contributed by atoms with Gasteiger partial charge in [0, 0.05) is 19.6 Å². The molecule has 1 aromatic rings. The lowest BCUT2D eigenvalue weighted by molar-refractivity contribution is 0.0752. The van der Waals surface area contributed by atoms with Gasteiger partial charge in [-0.3, -0.25) is 9.79 Å². The molecule has 0 atom stereocenters. The summed E-state index contributed by atoms with van der Waals surface area (Å²) in [4.78, 5) is 18.9. The van der Waals surface area contributed by atoms with Gasteiger partial charge in [-0.2, -0.15) is 0 Å². The number of carbonyl (C=O) groups is 1. The summed E-state index contributed by atoms with van der Waals surface area (Å²) in [6.45, 7) is 7.75. The van der Waals surface area contributed by atoms with Gasteiger partial charge in [0.1, 0.15) is 18.2 Å². The zero-order chi connectivity index (χ0) is 15.8. The van der Waals surface area contributed by atoms with Crippen LogP contribution in [0, 0.1) is 0 Å². The molecule has 1 heterocycles. The molecule has 0 radical (unpaired) electrons. The number of amides is 1. The summed E-state index contributed by atoms with van der Waals surface area (Å²) >= 11 is 0. The minimum absolute atomic E-state index is 0.0422. The van der Waals surface area contributed by atoms with Crippen molar-refractivity contribution in [3.63, 3.8) is 0 Å². The third-order valence-electron chi connectivity index (χ3n) is 3.50. The zero-order valence-corrected chi connectivity index (χ0v) is 13.5. The molecule has 1 aliphatic rings. The Morgan fingerprint density at radius 2 is 2.00 bits per heavy atom. The molecule has 0 bridgehead atoms. The first-order valence-electron chi connectivity index (χ1n) is 8.04. The van der Waals surface area contributed by atoms with E-state index in [9.17, 15) is 4.79 Å². The van der Waals surface area contributed by atoms with E-state index in [4.69, 9.17) is 4.74 Å². The first-order chi connectivity index (χ1) is 10.8. The molecule has 0 saturated heterocycles. The lowest BCUT2D eigenvalue weighted by atomic mass is 10.1. The third-order valence-corrected chi connectivity index (χ3v) is 3.50. The number of rotatable bonds is 8. The molecule has 120 valence electrons. The number of benzene rings is 1. The highest BCUT2D eigenvalue weighted by Crippen LogP contribution is 2.20. The lowest BCUT2D eigenvalue weighted by Crippen LogP contribution is -2.33. The molecule has 5 heteroatoms. The van der Waals surface area contributed by atoms with Crippen LogP contribution < -0.4 is 10.1 Å². The molecular weight excluding hydrogens is 278 g/mol. The van der Waals surface area contributed by atoms with Crippen molar-refractivity contribution in [1.82, 2.24) is 10.2 Å².